The zero-order valence-electron chi connectivity index (χ0n) is 9.71. The van der Waals surface area contributed by atoms with Crippen molar-refractivity contribution in [1.29, 1.82) is 0 Å². The molecule has 1 aromatic carbocycles. The summed E-state index contributed by atoms with van der Waals surface area (Å²) < 4.78 is 27.9. The lowest BCUT2D eigenvalue weighted by atomic mass is 10.3. The molecule has 1 heterocycles. The minimum absolute atomic E-state index is 0.0143. The Kier molecular flexibility index (Phi) is 4.16. The highest BCUT2D eigenvalue weighted by Crippen LogP contribution is 2.29. The Morgan fingerprint density at radius 2 is 2.26 bits per heavy atom. The molecule has 2 rings (SSSR count). The van der Waals surface area contributed by atoms with Gasteiger partial charge in [-0.15, -0.1) is 0 Å². The standard InChI is InChI=1S/C10H9BrN2O4S2/c1-17-10(14)5-9-12-7-3-2-6(4-8(7)13-9)19(15,16)18-11/h2-4H,5H2,1H3,(H,12,13). The highest BCUT2D eigenvalue weighted by atomic mass is 79.9. The summed E-state index contributed by atoms with van der Waals surface area (Å²) in [6.07, 6.45) is 0.0143. The molecule has 0 aliphatic carbocycles. The van der Waals surface area contributed by atoms with Crippen molar-refractivity contribution in [2.75, 3.05) is 7.11 Å². The van der Waals surface area contributed by atoms with E-state index >= 15 is 0 Å². The van der Waals surface area contributed by atoms with E-state index < -0.39 is 14.8 Å². The Bertz CT molecular complexity index is 726. The third-order valence-corrected chi connectivity index (χ3v) is 7.62. The minimum atomic E-state index is -3.41. The van der Waals surface area contributed by atoms with Gasteiger partial charge in [0.15, 0.2) is 0 Å². The first-order valence-corrected chi connectivity index (χ1v) is 9.73. The summed E-state index contributed by atoms with van der Waals surface area (Å²) in [7, 11) is -1.53. The topological polar surface area (TPSA) is 89.1 Å². The van der Waals surface area contributed by atoms with Crippen molar-refractivity contribution in [2.45, 2.75) is 11.3 Å². The van der Waals surface area contributed by atoms with Crippen LogP contribution in [0, 0.1) is 0 Å². The second kappa shape index (κ2) is 5.51. The summed E-state index contributed by atoms with van der Waals surface area (Å²) in [4.78, 5) is 18.4. The van der Waals surface area contributed by atoms with Crippen LogP contribution >= 0.6 is 24.0 Å². The van der Waals surface area contributed by atoms with Crippen LogP contribution in [-0.4, -0.2) is 31.5 Å². The maximum atomic E-state index is 11.7. The van der Waals surface area contributed by atoms with E-state index in [0.717, 1.165) is 0 Å². The van der Waals surface area contributed by atoms with Crippen LogP contribution in [-0.2, 0) is 24.8 Å². The molecule has 2 aromatic rings. The highest BCUT2D eigenvalue weighted by Gasteiger charge is 2.16. The normalized spacial score (nSPS) is 11.7. The molecule has 0 aliphatic rings. The molecule has 102 valence electrons. The first kappa shape index (κ1) is 14.4. The number of benzene rings is 1. The van der Waals surface area contributed by atoms with Crippen LogP contribution in [0.2, 0.25) is 0 Å². The van der Waals surface area contributed by atoms with Crippen LogP contribution in [0.5, 0.6) is 0 Å². The number of nitrogens with one attached hydrogen (secondary N) is 1. The van der Waals surface area contributed by atoms with Crippen molar-refractivity contribution in [2.24, 2.45) is 0 Å². The molecule has 0 bridgehead atoms. The Hall–Kier alpha value is -1.06. The average Bonchev–Trinajstić information content (AvgIpc) is 2.79. The third-order valence-electron chi connectivity index (χ3n) is 2.41. The Morgan fingerprint density at radius 1 is 1.53 bits per heavy atom. The number of aromatic nitrogens is 2. The molecule has 0 unspecified atom stereocenters. The van der Waals surface area contributed by atoms with Gasteiger partial charge in [0.25, 0.3) is 0 Å². The number of halogens is 1. The van der Waals surface area contributed by atoms with E-state index in [4.69, 9.17) is 0 Å². The van der Waals surface area contributed by atoms with Gasteiger partial charge in [-0.05, 0) is 18.2 Å². The summed E-state index contributed by atoms with van der Waals surface area (Å²) in [5.74, 6) is 0.0193. The molecular weight excluding hydrogens is 356 g/mol. The van der Waals surface area contributed by atoms with E-state index in [1.54, 1.807) is 6.07 Å². The number of hydrogen-bond donors (Lipinski definition) is 1. The van der Waals surface area contributed by atoms with Crippen molar-refractivity contribution < 1.29 is 17.9 Å². The van der Waals surface area contributed by atoms with Gasteiger partial charge in [-0.25, -0.2) is 13.4 Å². The van der Waals surface area contributed by atoms with Crippen molar-refractivity contribution in [3.05, 3.63) is 24.0 Å². The number of esters is 1. The predicted molar refractivity (Wildman–Crippen MR) is 75.5 cm³/mol. The van der Waals surface area contributed by atoms with Crippen LogP contribution in [0.25, 0.3) is 11.0 Å². The van der Waals surface area contributed by atoms with Crippen molar-refractivity contribution >= 4 is 49.9 Å². The van der Waals surface area contributed by atoms with Gasteiger partial charge in [0.2, 0.25) is 8.87 Å². The number of hydrogen-bond acceptors (Lipinski definition) is 6. The second-order valence-electron chi connectivity index (χ2n) is 3.63. The summed E-state index contributed by atoms with van der Waals surface area (Å²) in [6, 6.07) is 4.53. The number of imidazole rings is 1. The third kappa shape index (κ3) is 3.10. The molecule has 9 heteroatoms. The van der Waals surface area contributed by atoms with Crippen LogP contribution in [0.1, 0.15) is 5.82 Å². The summed E-state index contributed by atoms with van der Waals surface area (Å²) >= 11 is 2.86. The van der Waals surface area contributed by atoms with Gasteiger partial charge in [0, 0.05) is 14.8 Å². The van der Waals surface area contributed by atoms with Crippen LogP contribution < -0.4 is 0 Å². The SMILES string of the molecule is COC(=O)Cc1nc2ccc(S(=O)(=O)SBr)cc2[nH]1. The van der Waals surface area contributed by atoms with E-state index in [1.807, 2.05) is 0 Å². The quantitative estimate of drug-likeness (QED) is 0.659. The molecule has 19 heavy (non-hydrogen) atoms. The molecule has 6 nitrogen and oxygen atoms in total. The molecular formula is C10H9BrN2O4S2. The molecule has 0 spiro atoms. The molecule has 1 N–H and O–H groups in total. The zero-order chi connectivity index (χ0) is 14.0. The largest absolute Gasteiger partial charge is 0.469 e. The number of methoxy groups -OCH3 is 1. The number of aromatic amines is 1. The molecule has 0 aliphatic heterocycles. The van der Waals surface area contributed by atoms with Gasteiger partial charge in [-0.3, -0.25) is 4.79 Å². The predicted octanol–water partition coefficient (Wildman–Crippen LogP) is 2.01. The number of nitrogens with zero attached hydrogens (tertiary/aromatic N) is 1. The van der Waals surface area contributed by atoms with Crippen molar-refractivity contribution in [1.82, 2.24) is 9.97 Å². The Labute approximate surface area is 120 Å². The molecule has 0 amide bonds. The summed E-state index contributed by atoms with van der Waals surface area (Å²) in [5, 5.41) is 0. The number of fused-ring (bicyclic) bond motifs is 1. The fourth-order valence-corrected chi connectivity index (χ4v) is 4.00. The second-order valence-corrected chi connectivity index (χ2v) is 9.21. The lowest BCUT2D eigenvalue weighted by molar-refractivity contribution is -0.139. The fourth-order valence-electron chi connectivity index (χ4n) is 1.53. The molecule has 0 fully saturated rings. The molecule has 0 saturated heterocycles. The lowest BCUT2D eigenvalue weighted by Gasteiger charge is -1.98. The Balaban J connectivity index is 2.42. The van der Waals surface area contributed by atoms with Gasteiger partial charge in [-0.2, -0.15) is 0 Å². The van der Waals surface area contributed by atoms with Crippen LogP contribution in [0.4, 0.5) is 0 Å². The van der Waals surface area contributed by atoms with Gasteiger partial charge in [-0.1, -0.05) is 0 Å². The van der Waals surface area contributed by atoms with E-state index in [-0.39, 0.29) is 11.3 Å². The lowest BCUT2D eigenvalue weighted by Crippen LogP contribution is -2.05. The zero-order valence-corrected chi connectivity index (χ0v) is 12.9. The number of H-pyrrole nitrogens is 1. The van der Waals surface area contributed by atoms with E-state index in [1.165, 1.54) is 19.2 Å². The number of ether oxygens (including phenoxy) is 1. The first-order chi connectivity index (χ1) is 8.96. The Morgan fingerprint density at radius 3 is 2.89 bits per heavy atom. The summed E-state index contributed by atoms with van der Waals surface area (Å²) in [5.41, 5.74) is 1.15. The van der Waals surface area contributed by atoms with Gasteiger partial charge < -0.3 is 9.72 Å². The average molecular weight is 365 g/mol. The number of carbonyl (C=O) groups excluding carboxylic acids is 1. The van der Waals surface area contributed by atoms with E-state index in [0.29, 0.717) is 26.1 Å². The smallest absolute Gasteiger partial charge is 0.313 e. The molecule has 0 radical (unpaired) electrons. The first-order valence-electron chi connectivity index (χ1n) is 5.07. The maximum absolute atomic E-state index is 11.7. The number of rotatable bonds is 4. The highest BCUT2D eigenvalue weighted by molar-refractivity contribution is 9.60. The molecule has 0 saturated carbocycles. The summed E-state index contributed by atoms with van der Waals surface area (Å²) in [6.45, 7) is 0. The van der Waals surface area contributed by atoms with Crippen molar-refractivity contribution in [3.8, 4) is 0 Å². The van der Waals surface area contributed by atoms with Crippen molar-refractivity contribution in [3.63, 3.8) is 0 Å². The van der Waals surface area contributed by atoms with Gasteiger partial charge in [0.1, 0.15) is 12.2 Å². The fraction of sp³-hybridized carbons (Fsp3) is 0.200. The molecule has 0 atom stereocenters. The maximum Gasteiger partial charge on any atom is 0.313 e. The molecule has 1 aromatic heterocycles. The monoisotopic (exact) mass is 364 g/mol. The van der Waals surface area contributed by atoms with Gasteiger partial charge in [0.05, 0.1) is 32.3 Å². The van der Waals surface area contributed by atoms with Gasteiger partial charge >= 0.3 is 5.97 Å². The van der Waals surface area contributed by atoms with E-state index in [2.05, 4.69) is 29.5 Å². The van der Waals surface area contributed by atoms with Crippen LogP contribution in [0.15, 0.2) is 23.1 Å². The van der Waals surface area contributed by atoms with E-state index in [9.17, 15) is 13.2 Å². The number of carbonyl (C=O) groups is 1. The van der Waals surface area contributed by atoms with Crippen LogP contribution in [0.3, 0.4) is 0 Å². The minimum Gasteiger partial charge on any atom is -0.469 e.